The fourth-order valence-corrected chi connectivity index (χ4v) is 3.24. The lowest BCUT2D eigenvalue weighted by molar-refractivity contribution is -0.140. The smallest absolute Gasteiger partial charge is 0.333 e. The Hall–Kier alpha value is -1.58. The van der Waals surface area contributed by atoms with Crippen molar-refractivity contribution in [3.05, 3.63) is 37.1 Å². The quantitative estimate of drug-likeness (QED) is 0.223. The van der Waals surface area contributed by atoms with Crippen molar-refractivity contribution in [1.29, 1.82) is 0 Å². The van der Waals surface area contributed by atoms with Crippen LogP contribution in [-0.2, 0) is 19.1 Å². The highest BCUT2D eigenvalue weighted by atomic mass is 16.5. The third kappa shape index (κ3) is 9.25. The zero-order valence-electron chi connectivity index (χ0n) is 18.0. The van der Waals surface area contributed by atoms with Gasteiger partial charge in [-0.25, -0.2) is 9.59 Å². The molecule has 0 aliphatic rings. The fraction of sp³-hybridized carbons (Fsp3) is 0.652. The zero-order valence-corrected chi connectivity index (χ0v) is 18.0. The summed E-state index contributed by atoms with van der Waals surface area (Å²) in [6.07, 6.45) is 5.41. The summed E-state index contributed by atoms with van der Waals surface area (Å²) in [4.78, 5) is 23.0. The summed E-state index contributed by atoms with van der Waals surface area (Å²) < 4.78 is 10.5. The van der Waals surface area contributed by atoms with Gasteiger partial charge in [-0.3, -0.25) is 0 Å². The largest absolute Gasteiger partial charge is 0.462 e. The lowest BCUT2D eigenvalue weighted by Gasteiger charge is -2.41. The Morgan fingerprint density at radius 3 is 1.78 bits per heavy atom. The molecule has 2 unspecified atom stereocenters. The van der Waals surface area contributed by atoms with E-state index in [1.807, 2.05) is 0 Å². The van der Waals surface area contributed by atoms with E-state index >= 15 is 0 Å². The van der Waals surface area contributed by atoms with Crippen LogP contribution in [-0.4, -0.2) is 25.2 Å². The van der Waals surface area contributed by atoms with Crippen molar-refractivity contribution in [2.75, 3.05) is 13.2 Å². The number of ether oxygens (including phenoxy) is 2. The molecule has 27 heavy (non-hydrogen) atoms. The maximum absolute atomic E-state index is 11.5. The summed E-state index contributed by atoms with van der Waals surface area (Å²) in [5.41, 5.74) is 0.887. The first-order valence-electron chi connectivity index (χ1n) is 9.81. The van der Waals surface area contributed by atoms with Gasteiger partial charge in [-0.2, -0.15) is 0 Å². The molecule has 0 aliphatic carbocycles. The summed E-state index contributed by atoms with van der Waals surface area (Å²) in [5, 5.41) is 0. The van der Waals surface area contributed by atoms with Gasteiger partial charge in [-0.15, -0.1) is 0 Å². The monoisotopic (exact) mass is 378 g/mol. The molecule has 0 N–H and O–H groups in total. The molecule has 0 amide bonds. The fourth-order valence-electron chi connectivity index (χ4n) is 3.24. The Morgan fingerprint density at radius 2 is 1.37 bits per heavy atom. The van der Waals surface area contributed by atoms with E-state index in [-0.39, 0.29) is 17.4 Å². The average Bonchev–Trinajstić information content (AvgIpc) is 2.60. The highest BCUT2D eigenvalue weighted by molar-refractivity contribution is 5.87. The van der Waals surface area contributed by atoms with E-state index in [1.165, 1.54) is 5.92 Å². The van der Waals surface area contributed by atoms with E-state index in [0.29, 0.717) is 30.3 Å². The van der Waals surface area contributed by atoms with Crippen molar-refractivity contribution in [3.63, 3.8) is 0 Å². The number of esters is 2. The summed E-state index contributed by atoms with van der Waals surface area (Å²) in [6.45, 7) is 22.0. The molecular formula is C23H38O4. The molecule has 2 radical (unpaired) electrons. The van der Waals surface area contributed by atoms with Crippen LogP contribution in [0.15, 0.2) is 24.3 Å². The van der Waals surface area contributed by atoms with Crippen molar-refractivity contribution in [2.24, 2.45) is 11.3 Å². The maximum Gasteiger partial charge on any atom is 0.333 e. The molecule has 0 bridgehead atoms. The molecule has 0 fully saturated rings. The van der Waals surface area contributed by atoms with Gasteiger partial charge in [0, 0.05) is 11.1 Å². The van der Waals surface area contributed by atoms with Gasteiger partial charge in [0.2, 0.25) is 0 Å². The Balaban J connectivity index is 4.73. The molecule has 4 heteroatoms. The van der Waals surface area contributed by atoms with Crippen LogP contribution in [0.5, 0.6) is 0 Å². The van der Waals surface area contributed by atoms with Crippen LogP contribution in [0.4, 0.5) is 0 Å². The third-order valence-corrected chi connectivity index (χ3v) is 5.30. The molecule has 0 aromatic heterocycles. The molecule has 0 spiro atoms. The average molecular weight is 379 g/mol. The number of rotatable bonds is 14. The van der Waals surface area contributed by atoms with Crippen molar-refractivity contribution >= 4 is 11.9 Å². The molecule has 2 atom stereocenters. The predicted octanol–water partition coefficient (Wildman–Crippen LogP) is 5.64. The SMILES string of the molecule is [CH2]CCC(CCCOC(=O)C(=C)C)C(C)(CCCOC(=O)C(=C)C)[C](C)C. The minimum Gasteiger partial charge on any atom is -0.462 e. The van der Waals surface area contributed by atoms with Crippen molar-refractivity contribution in [3.8, 4) is 0 Å². The second-order valence-electron chi connectivity index (χ2n) is 7.83. The number of hydrogen-bond acceptors (Lipinski definition) is 4. The van der Waals surface area contributed by atoms with Gasteiger partial charge >= 0.3 is 11.9 Å². The second kappa shape index (κ2) is 12.7. The first-order valence-corrected chi connectivity index (χ1v) is 9.81. The first kappa shape index (κ1) is 25.4. The van der Waals surface area contributed by atoms with E-state index in [4.69, 9.17) is 9.47 Å². The zero-order chi connectivity index (χ0) is 21.0. The van der Waals surface area contributed by atoms with E-state index in [2.05, 4.69) is 40.9 Å². The van der Waals surface area contributed by atoms with Crippen LogP contribution in [0.1, 0.15) is 73.1 Å². The van der Waals surface area contributed by atoms with E-state index in [0.717, 1.165) is 38.5 Å². The lowest BCUT2D eigenvalue weighted by atomic mass is 9.64. The van der Waals surface area contributed by atoms with Crippen LogP contribution < -0.4 is 0 Å². The topological polar surface area (TPSA) is 52.6 Å². The van der Waals surface area contributed by atoms with Crippen LogP contribution in [0.25, 0.3) is 0 Å². The standard InChI is InChI=1S/C23H38O4/c1-9-12-20(13-10-15-26-21(24)17(2)3)23(8,19(6)7)14-11-16-27-22(25)18(4)5/h20H,1-2,4,9-16H2,3,5-8H3. The summed E-state index contributed by atoms with van der Waals surface area (Å²) >= 11 is 0. The van der Waals surface area contributed by atoms with Crippen LogP contribution >= 0.6 is 0 Å². The lowest BCUT2D eigenvalue weighted by Crippen LogP contribution is -2.32. The first-order chi connectivity index (χ1) is 12.6. The minimum absolute atomic E-state index is 0.0334. The maximum atomic E-state index is 11.5. The molecule has 0 aliphatic heterocycles. The second-order valence-corrected chi connectivity index (χ2v) is 7.83. The Bertz CT molecular complexity index is 507. The van der Waals surface area contributed by atoms with Gasteiger partial charge < -0.3 is 9.47 Å². The molecule has 0 rings (SSSR count). The third-order valence-electron chi connectivity index (χ3n) is 5.30. The van der Waals surface area contributed by atoms with Gasteiger partial charge in [0.1, 0.15) is 0 Å². The molecule has 154 valence electrons. The normalized spacial score (nSPS) is 14.3. The number of carbonyl (C=O) groups excluding carboxylic acids is 2. The van der Waals surface area contributed by atoms with Gasteiger partial charge in [-0.1, -0.05) is 47.3 Å². The summed E-state index contributed by atoms with van der Waals surface area (Å²) in [5.74, 6) is 1.15. The summed E-state index contributed by atoms with van der Waals surface area (Å²) in [7, 11) is 0. The van der Waals surface area contributed by atoms with Crippen molar-refractivity contribution in [2.45, 2.75) is 73.1 Å². The van der Waals surface area contributed by atoms with Crippen LogP contribution in [0.2, 0.25) is 0 Å². The number of carbonyl (C=O) groups is 2. The Labute approximate surface area is 166 Å². The van der Waals surface area contributed by atoms with Crippen molar-refractivity contribution in [1.82, 2.24) is 0 Å². The molecule has 0 aromatic carbocycles. The molecule has 4 nitrogen and oxygen atoms in total. The van der Waals surface area contributed by atoms with Gasteiger partial charge in [0.25, 0.3) is 0 Å². The highest BCUT2D eigenvalue weighted by Crippen LogP contribution is 2.45. The molecule has 0 aromatic rings. The van der Waals surface area contributed by atoms with E-state index in [9.17, 15) is 9.59 Å². The van der Waals surface area contributed by atoms with Gasteiger partial charge in [0.15, 0.2) is 0 Å². The highest BCUT2D eigenvalue weighted by Gasteiger charge is 2.36. The Morgan fingerprint density at radius 1 is 0.889 bits per heavy atom. The van der Waals surface area contributed by atoms with E-state index < -0.39 is 0 Å². The minimum atomic E-state index is -0.331. The van der Waals surface area contributed by atoms with E-state index in [1.54, 1.807) is 13.8 Å². The number of hydrogen-bond donors (Lipinski definition) is 0. The van der Waals surface area contributed by atoms with Crippen LogP contribution in [0, 0.1) is 24.2 Å². The van der Waals surface area contributed by atoms with Crippen LogP contribution in [0.3, 0.4) is 0 Å². The van der Waals surface area contributed by atoms with Gasteiger partial charge in [0.05, 0.1) is 13.2 Å². The summed E-state index contributed by atoms with van der Waals surface area (Å²) in [6, 6.07) is 0. The Kier molecular flexibility index (Phi) is 12.0. The predicted molar refractivity (Wildman–Crippen MR) is 111 cm³/mol. The molecule has 0 heterocycles. The van der Waals surface area contributed by atoms with Crippen molar-refractivity contribution < 1.29 is 19.1 Å². The molecule has 0 saturated heterocycles. The molecular weight excluding hydrogens is 340 g/mol. The molecule has 0 saturated carbocycles. The van der Waals surface area contributed by atoms with Gasteiger partial charge in [-0.05, 0) is 63.2 Å².